The Kier molecular flexibility index (Phi) is 8.15. The zero-order chi connectivity index (χ0) is 30.0. The van der Waals surface area contributed by atoms with Gasteiger partial charge in [0.25, 0.3) is 5.91 Å². The van der Waals surface area contributed by atoms with E-state index in [0.717, 1.165) is 45.2 Å². The van der Waals surface area contributed by atoms with Gasteiger partial charge in [-0.15, -0.1) is 0 Å². The predicted octanol–water partition coefficient (Wildman–Crippen LogP) is 4.45. The number of carbonyl (C=O) groups excluding carboxylic acids is 2. The van der Waals surface area contributed by atoms with E-state index in [1.807, 2.05) is 0 Å². The Balaban J connectivity index is 1.24. The minimum absolute atomic E-state index is 0.0140. The van der Waals surface area contributed by atoms with Crippen LogP contribution in [0.3, 0.4) is 0 Å². The summed E-state index contributed by atoms with van der Waals surface area (Å²) in [5.41, 5.74) is 5.72. The minimum Gasteiger partial charge on any atom is -0.448 e. The summed E-state index contributed by atoms with van der Waals surface area (Å²) in [6.45, 7) is 3.45. The average Bonchev–Trinajstić information content (AvgIpc) is 3.48. The second-order valence-electron chi connectivity index (χ2n) is 12.0. The monoisotopic (exact) mass is 592 g/mol. The molecule has 1 aromatic carbocycles. The van der Waals surface area contributed by atoms with Gasteiger partial charge < -0.3 is 29.8 Å². The first kappa shape index (κ1) is 29.2. The fourth-order valence-corrected chi connectivity index (χ4v) is 5.95. The molecule has 0 atom stereocenters. The summed E-state index contributed by atoms with van der Waals surface area (Å²) in [7, 11) is 0. The van der Waals surface area contributed by atoms with Gasteiger partial charge in [0.15, 0.2) is 11.4 Å². The zero-order valence-electron chi connectivity index (χ0n) is 24.3. The number of amides is 1. The number of anilines is 1. The van der Waals surface area contributed by atoms with E-state index >= 15 is 0 Å². The number of hydrogen-bond donors (Lipinski definition) is 2. The lowest BCUT2D eigenvalue weighted by molar-refractivity contribution is -0.243. The van der Waals surface area contributed by atoms with E-state index in [9.17, 15) is 14.0 Å². The summed E-state index contributed by atoms with van der Waals surface area (Å²) in [5.74, 6) is -0.533. The lowest BCUT2D eigenvalue weighted by Crippen LogP contribution is -2.53. The minimum atomic E-state index is -1.29. The normalized spacial score (nSPS) is 24.0. The van der Waals surface area contributed by atoms with Crippen molar-refractivity contribution in [2.45, 2.75) is 70.2 Å². The van der Waals surface area contributed by atoms with Crippen LogP contribution in [0.1, 0.15) is 70.4 Å². The van der Waals surface area contributed by atoms with Crippen LogP contribution in [0.2, 0.25) is 0 Å². The third-order valence-corrected chi connectivity index (χ3v) is 8.60. The van der Waals surface area contributed by atoms with Gasteiger partial charge in [0.05, 0.1) is 30.3 Å². The maximum atomic E-state index is 13.8. The van der Waals surface area contributed by atoms with Crippen molar-refractivity contribution in [3.63, 3.8) is 0 Å². The highest BCUT2D eigenvalue weighted by molar-refractivity contribution is 5.88. The van der Waals surface area contributed by atoms with E-state index in [0.29, 0.717) is 47.3 Å². The van der Waals surface area contributed by atoms with Crippen molar-refractivity contribution < 1.29 is 28.2 Å². The molecule has 2 aromatic heterocycles. The number of piperidine rings is 1. The average molecular weight is 593 g/mol. The Bertz CT molecular complexity index is 1460. The van der Waals surface area contributed by atoms with Gasteiger partial charge in [0.1, 0.15) is 11.2 Å². The smallest absolute Gasteiger partial charge is 0.317 e. The van der Waals surface area contributed by atoms with Crippen LogP contribution in [0.4, 0.5) is 10.3 Å². The van der Waals surface area contributed by atoms with Crippen LogP contribution in [-0.4, -0.2) is 63.7 Å². The number of ether oxygens (including phenoxy) is 3. The summed E-state index contributed by atoms with van der Waals surface area (Å²) in [6.07, 6.45) is 7.53. The largest absolute Gasteiger partial charge is 0.448 e. The van der Waals surface area contributed by atoms with Crippen LogP contribution in [0, 0.1) is 11.2 Å². The van der Waals surface area contributed by atoms with Crippen molar-refractivity contribution in [3.8, 4) is 22.6 Å². The number of halogens is 1. The number of nitrogens with two attached hydrogens (primary N) is 1. The molecule has 1 aliphatic carbocycles. The van der Waals surface area contributed by atoms with Gasteiger partial charge >= 0.3 is 5.97 Å². The van der Waals surface area contributed by atoms with Crippen molar-refractivity contribution in [1.82, 2.24) is 19.9 Å². The van der Waals surface area contributed by atoms with E-state index in [4.69, 9.17) is 29.9 Å². The molecule has 2 saturated heterocycles. The maximum Gasteiger partial charge on any atom is 0.317 e. The number of esters is 1. The zero-order valence-corrected chi connectivity index (χ0v) is 24.3. The molecule has 43 heavy (non-hydrogen) atoms. The maximum absolute atomic E-state index is 13.8. The van der Waals surface area contributed by atoms with Gasteiger partial charge in [-0.25, -0.2) is 19.3 Å². The standard InChI is InChI=1S/C31H37FN6O5/c1-30(28(40)43-31(27(33)39)13-4-2-5-14-31)18-41-26(42-19-30)25-36-23(20-8-10-21(32)11-9-20)24(37-25)22-12-15-34-29(35-22)38-16-6-3-7-17-38/h8-12,15,26H,2-7,13-14,16-19H2,1H3,(H2,33,39)(H,36,37). The van der Waals surface area contributed by atoms with Crippen LogP contribution in [-0.2, 0) is 23.8 Å². The second-order valence-corrected chi connectivity index (χ2v) is 12.0. The molecule has 4 heterocycles. The number of benzene rings is 1. The first-order valence-electron chi connectivity index (χ1n) is 15.0. The molecule has 1 amide bonds. The fourth-order valence-electron chi connectivity index (χ4n) is 5.95. The third-order valence-electron chi connectivity index (χ3n) is 8.60. The molecule has 11 nitrogen and oxygen atoms in total. The highest BCUT2D eigenvalue weighted by Gasteiger charge is 2.48. The molecule has 228 valence electrons. The van der Waals surface area contributed by atoms with E-state index in [1.54, 1.807) is 31.3 Å². The van der Waals surface area contributed by atoms with Crippen LogP contribution >= 0.6 is 0 Å². The number of primary amides is 1. The van der Waals surface area contributed by atoms with Crippen molar-refractivity contribution in [2.75, 3.05) is 31.2 Å². The highest BCUT2D eigenvalue weighted by Crippen LogP contribution is 2.39. The molecule has 6 rings (SSSR count). The number of nitrogens with one attached hydrogen (secondary N) is 1. The van der Waals surface area contributed by atoms with E-state index in [-0.39, 0.29) is 19.0 Å². The quantitative estimate of drug-likeness (QED) is 0.380. The first-order chi connectivity index (χ1) is 20.8. The predicted molar refractivity (Wildman–Crippen MR) is 155 cm³/mol. The molecule has 0 spiro atoms. The van der Waals surface area contributed by atoms with Gasteiger partial charge in [-0.05, 0) is 82.2 Å². The van der Waals surface area contributed by atoms with Gasteiger partial charge in [-0.2, -0.15) is 0 Å². The molecular weight excluding hydrogens is 555 g/mol. The Morgan fingerprint density at radius 3 is 2.35 bits per heavy atom. The van der Waals surface area contributed by atoms with Crippen molar-refractivity contribution in [3.05, 3.63) is 48.2 Å². The Morgan fingerprint density at radius 2 is 1.67 bits per heavy atom. The third kappa shape index (κ3) is 5.98. The van der Waals surface area contributed by atoms with Crippen molar-refractivity contribution in [1.29, 1.82) is 0 Å². The Labute approximate surface area is 249 Å². The van der Waals surface area contributed by atoms with Crippen LogP contribution in [0.25, 0.3) is 22.6 Å². The molecule has 3 aromatic rings. The number of aromatic amines is 1. The Morgan fingerprint density at radius 1 is 1.00 bits per heavy atom. The SMILES string of the molecule is CC1(C(=O)OC2(C(N)=O)CCCCC2)COC(c2nc(-c3ccc(F)cc3)c(-c3ccnc(N4CCCCC4)n3)[nH]2)OC1. The van der Waals surface area contributed by atoms with Gasteiger partial charge in [0.2, 0.25) is 12.2 Å². The lowest BCUT2D eigenvalue weighted by Gasteiger charge is -2.39. The van der Waals surface area contributed by atoms with E-state index in [2.05, 4.69) is 14.9 Å². The molecule has 0 bridgehead atoms. The summed E-state index contributed by atoms with van der Waals surface area (Å²) in [4.78, 5) is 45.2. The van der Waals surface area contributed by atoms with Gasteiger partial charge in [-0.1, -0.05) is 6.42 Å². The fraction of sp³-hybridized carbons (Fsp3) is 0.516. The first-order valence-corrected chi connectivity index (χ1v) is 15.0. The molecule has 2 aliphatic heterocycles. The molecule has 3 N–H and O–H groups in total. The summed E-state index contributed by atoms with van der Waals surface area (Å²) in [6, 6.07) is 7.86. The van der Waals surface area contributed by atoms with E-state index in [1.165, 1.54) is 18.6 Å². The van der Waals surface area contributed by atoms with Crippen LogP contribution < -0.4 is 10.6 Å². The summed E-state index contributed by atoms with van der Waals surface area (Å²) < 4.78 is 31.6. The van der Waals surface area contributed by atoms with Crippen molar-refractivity contribution in [2.24, 2.45) is 11.1 Å². The number of carbonyl (C=O) groups is 2. The number of H-pyrrole nitrogens is 1. The van der Waals surface area contributed by atoms with E-state index < -0.39 is 29.2 Å². The Hall–Kier alpha value is -3.90. The topological polar surface area (TPSA) is 146 Å². The lowest BCUT2D eigenvalue weighted by atomic mass is 9.83. The molecule has 1 saturated carbocycles. The molecule has 3 aliphatic rings. The summed E-state index contributed by atoms with van der Waals surface area (Å²) >= 11 is 0. The number of rotatable bonds is 7. The molecule has 0 unspecified atom stereocenters. The highest BCUT2D eigenvalue weighted by atomic mass is 19.1. The molecule has 12 heteroatoms. The number of hydrogen-bond acceptors (Lipinski definition) is 9. The van der Waals surface area contributed by atoms with Gasteiger partial charge in [0, 0.05) is 24.8 Å². The van der Waals surface area contributed by atoms with Crippen molar-refractivity contribution >= 4 is 17.8 Å². The number of aromatic nitrogens is 4. The van der Waals surface area contributed by atoms with Crippen LogP contribution in [0.5, 0.6) is 0 Å². The number of imidazole rings is 1. The molecular formula is C31H37FN6O5. The molecule has 3 fully saturated rings. The second kappa shape index (κ2) is 12.0. The number of nitrogens with zero attached hydrogens (tertiary/aromatic N) is 4. The molecule has 0 radical (unpaired) electrons. The van der Waals surface area contributed by atoms with Gasteiger partial charge in [-0.3, -0.25) is 9.59 Å². The van der Waals surface area contributed by atoms with Crippen LogP contribution in [0.15, 0.2) is 36.5 Å². The summed E-state index contributed by atoms with van der Waals surface area (Å²) in [5, 5.41) is 0.